The molecular formula is C23H22BrNO6S. The molecule has 1 aliphatic heterocycles. The van der Waals surface area contributed by atoms with Crippen molar-refractivity contribution < 1.29 is 28.6 Å². The number of hydrogen-bond acceptors (Lipinski definition) is 7. The number of hydrogen-bond donors (Lipinski definition) is 0. The number of rotatable bonds is 8. The summed E-state index contributed by atoms with van der Waals surface area (Å²) in [5.74, 6) is -0.0766. The van der Waals surface area contributed by atoms with E-state index in [0.29, 0.717) is 22.0 Å². The molecule has 2 aromatic carbocycles. The largest absolute Gasteiger partial charge is 0.493 e. The van der Waals surface area contributed by atoms with Crippen molar-refractivity contribution in [3.8, 4) is 11.5 Å². The number of imide groups is 1. The fourth-order valence-electron chi connectivity index (χ4n) is 2.91. The van der Waals surface area contributed by atoms with Crippen molar-refractivity contribution in [3.63, 3.8) is 0 Å². The quantitative estimate of drug-likeness (QED) is 0.357. The Balaban J connectivity index is 1.73. The highest BCUT2D eigenvalue weighted by molar-refractivity contribution is 9.10. The fourth-order valence-corrected chi connectivity index (χ4v) is 4.16. The minimum Gasteiger partial charge on any atom is -0.493 e. The second-order valence-corrected chi connectivity index (χ2v) is 8.94. The number of ether oxygens (including phenoxy) is 3. The minimum absolute atomic E-state index is 0.187. The van der Waals surface area contributed by atoms with Crippen molar-refractivity contribution in [1.29, 1.82) is 0 Å². The summed E-state index contributed by atoms with van der Waals surface area (Å²) in [6.45, 7) is 3.45. The van der Waals surface area contributed by atoms with Crippen LogP contribution in [-0.2, 0) is 20.9 Å². The van der Waals surface area contributed by atoms with E-state index >= 15 is 0 Å². The molecule has 1 heterocycles. The van der Waals surface area contributed by atoms with Gasteiger partial charge in [0.25, 0.3) is 11.1 Å². The molecule has 32 heavy (non-hydrogen) atoms. The second-order valence-electron chi connectivity index (χ2n) is 7.10. The average molecular weight is 520 g/mol. The molecule has 0 aromatic heterocycles. The molecule has 2 aromatic rings. The number of thioether (sulfide) groups is 1. The fraction of sp³-hybridized carbons (Fsp3) is 0.261. The Morgan fingerprint density at radius 3 is 2.59 bits per heavy atom. The van der Waals surface area contributed by atoms with Crippen molar-refractivity contribution in [1.82, 2.24) is 4.90 Å². The number of carbonyl (C=O) groups is 3. The Bertz CT molecular complexity index is 1070. The molecule has 0 N–H and O–H groups in total. The van der Waals surface area contributed by atoms with Gasteiger partial charge in [-0.1, -0.05) is 40.2 Å². The maximum atomic E-state index is 12.8. The summed E-state index contributed by atoms with van der Waals surface area (Å²) in [6.07, 6.45) is 1.40. The number of benzene rings is 2. The zero-order valence-electron chi connectivity index (χ0n) is 17.8. The minimum atomic E-state index is -0.482. The number of methoxy groups -OCH3 is 1. The molecule has 1 fully saturated rings. The van der Waals surface area contributed by atoms with Crippen LogP contribution >= 0.6 is 27.7 Å². The van der Waals surface area contributed by atoms with Crippen LogP contribution in [0.15, 0.2) is 51.8 Å². The van der Waals surface area contributed by atoms with Gasteiger partial charge < -0.3 is 14.2 Å². The van der Waals surface area contributed by atoms with Gasteiger partial charge >= 0.3 is 5.97 Å². The molecule has 3 rings (SSSR count). The lowest BCUT2D eigenvalue weighted by atomic mass is 10.1. The highest BCUT2D eigenvalue weighted by Crippen LogP contribution is 2.35. The van der Waals surface area contributed by atoms with Gasteiger partial charge in [0.05, 0.1) is 24.7 Å². The molecule has 1 saturated heterocycles. The molecule has 168 valence electrons. The van der Waals surface area contributed by atoms with Crippen molar-refractivity contribution in [3.05, 3.63) is 63.0 Å². The van der Waals surface area contributed by atoms with E-state index in [0.717, 1.165) is 21.8 Å². The van der Waals surface area contributed by atoms with Crippen LogP contribution in [0.1, 0.15) is 25.0 Å². The maximum Gasteiger partial charge on any atom is 0.344 e. The third-order valence-electron chi connectivity index (χ3n) is 4.36. The molecule has 1 aliphatic rings. The molecule has 0 radical (unpaired) electrons. The van der Waals surface area contributed by atoms with Crippen LogP contribution in [0.2, 0.25) is 0 Å². The van der Waals surface area contributed by atoms with E-state index in [-0.39, 0.29) is 30.4 Å². The summed E-state index contributed by atoms with van der Waals surface area (Å²) in [6, 6.07) is 12.5. The first kappa shape index (κ1) is 23.9. The topological polar surface area (TPSA) is 82.1 Å². The Morgan fingerprint density at radius 1 is 1.16 bits per heavy atom. The molecule has 0 atom stereocenters. The smallest absolute Gasteiger partial charge is 0.344 e. The normalized spacial score (nSPS) is 14.9. The van der Waals surface area contributed by atoms with Crippen molar-refractivity contribution in [2.24, 2.45) is 0 Å². The summed E-state index contributed by atoms with van der Waals surface area (Å²) in [7, 11) is 1.48. The third kappa shape index (κ3) is 5.92. The monoisotopic (exact) mass is 519 g/mol. The summed E-state index contributed by atoms with van der Waals surface area (Å²) < 4.78 is 16.7. The lowest BCUT2D eigenvalue weighted by molar-refractivity contribution is -0.149. The summed E-state index contributed by atoms with van der Waals surface area (Å²) >= 11 is 4.33. The highest BCUT2D eigenvalue weighted by atomic mass is 79.9. The first-order valence-electron chi connectivity index (χ1n) is 9.77. The number of carbonyl (C=O) groups excluding carboxylic acids is 3. The molecule has 0 unspecified atom stereocenters. The van der Waals surface area contributed by atoms with E-state index in [1.807, 2.05) is 24.3 Å². The van der Waals surface area contributed by atoms with Crippen LogP contribution in [0, 0.1) is 0 Å². The SMILES string of the molecule is COc1cc(/C=C2\SC(=O)N(Cc3ccccc3Br)C2=O)ccc1OCC(=O)OC(C)C. The average Bonchev–Trinajstić information content (AvgIpc) is 3.01. The Kier molecular flexibility index (Phi) is 7.98. The Labute approximate surface area is 198 Å². The van der Waals surface area contributed by atoms with Crippen molar-refractivity contribution >= 4 is 50.9 Å². The molecule has 0 bridgehead atoms. The van der Waals surface area contributed by atoms with Gasteiger partial charge in [0.2, 0.25) is 0 Å². The van der Waals surface area contributed by atoms with Crippen LogP contribution in [0.3, 0.4) is 0 Å². The van der Waals surface area contributed by atoms with Gasteiger partial charge in [-0.3, -0.25) is 14.5 Å². The zero-order valence-corrected chi connectivity index (χ0v) is 20.2. The number of amides is 2. The molecule has 0 saturated carbocycles. The lowest BCUT2D eigenvalue weighted by Gasteiger charge is -2.13. The van der Waals surface area contributed by atoms with Gasteiger partial charge in [-0.05, 0) is 61.0 Å². The molecule has 9 heteroatoms. The van der Waals surface area contributed by atoms with Gasteiger partial charge in [0, 0.05) is 4.47 Å². The van der Waals surface area contributed by atoms with Crippen LogP contribution < -0.4 is 9.47 Å². The van der Waals surface area contributed by atoms with Crippen molar-refractivity contribution in [2.75, 3.05) is 13.7 Å². The molecule has 7 nitrogen and oxygen atoms in total. The van der Waals surface area contributed by atoms with E-state index < -0.39 is 5.97 Å². The molecule has 0 spiro atoms. The first-order chi connectivity index (χ1) is 15.3. The van der Waals surface area contributed by atoms with E-state index in [9.17, 15) is 14.4 Å². The lowest BCUT2D eigenvalue weighted by Crippen LogP contribution is -2.27. The van der Waals surface area contributed by atoms with Gasteiger partial charge in [0.1, 0.15) is 0 Å². The van der Waals surface area contributed by atoms with Gasteiger partial charge in [-0.15, -0.1) is 0 Å². The van der Waals surface area contributed by atoms with E-state index in [2.05, 4.69) is 15.9 Å². The van der Waals surface area contributed by atoms with Crippen LogP contribution in [0.5, 0.6) is 11.5 Å². The summed E-state index contributed by atoms with van der Waals surface area (Å²) in [4.78, 5) is 38.5. The first-order valence-corrected chi connectivity index (χ1v) is 11.4. The van der Waals surface area contributed by atoms with Gasteiger partial charge in [0.15, 0.2) is 18.1 Å². The van der Waals surface area contributed by atoms with E-state index in [1.165, 1.54) is 12.0 Å². The van der Waals surface area contributed by atoms with Crippen molar-refractivity contribution in [2.45, 2.75) is 26.5 Å². The second kappa shape index (κ2) is 10.7. The van der Waals surface area contributed by atoms with Crippen LogP contribution in [0.25, 0.3) is 6.08 Å². The molecule has 2 amide bonds. The summed E-state index contributed by atoms with van der Waals surface area (Å²) in [5, 5.41) is -0.326. The predicted molar refractivity (Wildman–Crippen MR) is 125 cm³/mol. The maximum absolute atomic E-state index is 12.8. The standard InChI is InChI=1S/C23H22BrNO6S/c1-14(2)31-21(26)13-30-18-9-8-15(10-19(18)29-3)11-20-22(27)25(23(28)32-20)12-16-6-4-5-7-17(16)24/h4-11,14H,12-13H2,1-3H3/b20-11-. The number of esters is 1. The Morgan fingerprint density at radius 2 is 1.91 bits per heavy atom. The number of halogens is 1. The van der Waals surface area contributed by atoms with E-state index in [1.54, 1.807) is 38.1 Å². The number of nitrogens with zero attached hydrogens (tertiary/aromatic N) is 1. The third-order valence-corrected chi connectivity index (χ3v) is 6.04. The van der Waals surface area contributed by atoms with E-state index in [4.69, 9.17) is 14.2 Å². The molecule has 0 aliphatic carbocycles. The Hall–Kier alpha value is -2.78. The zero-order chi connectivity index (χ0) is 23.3. The van der Waals surface area contributed by atoms with Crippen LogP contribution in [0.4, 0.5) is 4.79 Å². The molecular weight excluding hydrogens is 498 g/mol. The van der Waals surface area contributed by atoms with Gasteiger partial charge in [-0.25, -0.2) is 4.79 Å². The summed E-state index contributed by atoms with van der Waals surface area (Å²) in [5.41, 5.74) is 1.50. The van der Waals surface area contributed by atoms with Crippen LogP contribution in [-0.4, -0.2) is 41.8 Å². The van der Waals surface area contributed by atoms with Gasteiger partial charge in [-0.2, -0.15) is 0 Å². The predicted octanol–water partition coefficient (Wildman–Crippen LogP) is 5.02. The highest BCUT2D eigenvalue weighted by Gasteiger charge is 2.35.